The monoisotopic (exact) mass is 222 g/mol. The van der Waals surface area contributed by atoms with E-state index in [-0.39, 0.29) is 17.7 Å². The fourth-order valence-electron chi connectivity index (χ4n) is 1.41. The number of aldehydes is 1. The highest BCUT2D eigenvalue weighted by molar-refractivity contribution is 5.98. The van der Waals surface area contributed by atoms with Gasteiger partial charge in [0.15, 0.2) is 6.29 Å². The summed E-state index contributed by atoms with van der Waals surface area (Å²) in [5.74, 6) is 0.0884. The van der Waals surface area contributed by atoms with Gasteiger partial charge in [0.25, 0.3) is 0 Å². The van der Waals surface area contributed by atoms with Crippen LogP contribution in [-0.4, -0.2) is 26.0 Å². The Morgan fingerprint density at radius 1 is 1.44 bits per heavy atom. The number of rotatable bonds is 4. The molecule has 0 radical (unpaired) electrons. The number of methoxy groups -OCH3 is 1. The van der Waals surface area contributed by atoms with Crippen molar-refractivity contribution in [1.82, 2.24) is 0 Å². The highest BCUT2D eigenvalue weighted by Gasteiger charge is 2.14. The lowest BCUT2D eigenvalue weighted by Gasteiger charge is -2.09. The number of aryl methyl sites for hydroxylation is 1. The molecule has 0 saturated heterocycles. The molecule has 1 aromatic rings. The first-order valence-corrected chi connectivity index (χ1v) is 4.95. The molecule has 16 heavy (non-hydrogen) atoms. The summed E-state index contributed by atoms with van der Waals surface area (Å²) < 4.78 is 9.93. The van der Waals surface area contributed by atoms with E-state index in [1.807, 2.05) is 0 Å². The zero-order chi connectivity index (χ0) is 12.1. The molecule has 86 valence electrons. The number of carbonyl (C=O) groups excluding carboxylic acids is 2. The zero-order valence-corrected chi connectivity index (χ0v) is 9.57. The van der Waals surface area contributed by atoms with E-state index in [1.165, 1.54) is 13.2 Å². The van der Waals surface area contributed by atoms with Crippen LogP contribution in [-0.2, 0) is 4.74 Å². The quantitative estimate of drug-likeness (QED) is 0.577. The normalized spacial score (nSPS) is 9.69. The standard InChI is InChI=1S/C12H14O4/c1-4-16-12(14)10-5-8(2)11(15-3)6-9(10)7-13/h5-7H,4H2,1-3H3. The molecule has 0 atom stereocenters. The second-order valence-corrected chi connectivity index (χ2v) is 3.25. The van der Waals surface area contributed by atoms with Gasteiger partial charge in [-0.05, 0) is 31.5 Å². The van der Waals surface area contributed by atoms with E-state index < -0.39 is 5.97 Å². The van der Waals surface area contributed by atoms with E-state index in [2.05, 4.69) is 0 Å². The third kappa shape index (κ3) is 2.39. The number of ether oxygens (including phenoxy) is 2. The van der Waals surface area contributed by atoms with Gasteiger partial charge in [-0.3, -0.25) is 4.79 Å². The third-order valence-electron chi connectivity index (χ3n) is 2.19. The molecular weight excluding hydrogens is 208 g/mol. The molecule has 0 fully saturated rings. The summed E-state index contributed by atoms with van der Waals surface area (Å²) >= 11 is 0. The van der Waals surface area contributed by atoms with Crippen molar-refractivity contribution in [1.29, 1.82) is 0 Å². The van der Waals surface area contributed by atoms with Gasteiger partial charge in [0.2, 0.25) is 0 Å². The molecule has 0 N–H and O–H groups in total. The number of hydrogen-bond donors (Lipinski definition) is 0. The first kappa shape index (κ1) is 12.2. The van der Waals surface area contributed by atoms with Crippen LogP contribution in [0.5, 0.6) is 5.75 Å². The first-order valence-electron chi connectivity index (χ1n) is 4.95. The Hall–Kier alpha value is -1.84. The van der Waals surface area contributed by atoms with Crippen LogP contribution in [0, 0.1) is 6.92 Å². The Bertz CT molecular complexity index is 410. The largest absolute Gasteiger partial charge is 0.496 e. The lowest BCUT2D eigenvalue weighted by molar-refractivity contribution is 0.0524. The molecule has 0 amide bonds. The Morgan fingerprint density at radius 3 is 2.62 bits per heavy atom. The van der Waals surface area contributed by atoms with Crippen LogP contribution in [0.25, 0.3) is 0 Å². The fourth-order valence-corrected chi connectivity index (χ4v) is 1.41. The average Bonchev–Trinajstić information content (AvgIpc) is 2.29. The molecule has 0 bridgehead atoms. The molecule has 0 aliphatic carbocycles. The average molecular weight is 222 g/mol. The SMILES string of the molecule is CCOC(=O)c1cc(C)c(OC)cc1C=O. The Morgan fingerprint density at radius 2 is 2.12 bits per heavy atom. The smallest absolute Gasteiger partial charge is 0.338 e. The molecule has 4 heteroatoms. The zero-order valence-electron chi connectivity index (χ0n) is 9.57. The van der Waals surface area contributed by atoms with E-state index in [9.17, 15) is 9.59 Å². The Labute approximate surface area is 94.2 Å². The lowest BCUT2D eigenvalue weighted by Crippen LogP contribution is -2.08. The minimum absolute atomic E-state index is 0.273. The molecule has 0 spiro atoms. The fraction of sp³-hybridized carbons (Fsp3) is 0.333. The summed E-state index contributed by atoms with van der Waals surface area (Å²) in [6, 6.07) is 3.13. The van der Waals surface area contributed by atoms with Crippen LogP contribution in [0.1, 0.15) is 33.2 Å². The predicted molar refractivity (Wildman–Crippen MR) is 59.1 cm³/mol. The minimum atomic E-state index is -0.490. The van der Waals surface area contributed by atoms with Crippen LogP contribution in [0.4, 0.5) is 0 Å². The first-order chi connectivity index (χ1) is 7.63. The van der Waals surface area contributed by atoms with Gasteiger partial charge in [0.1, 0.15) is 5.75 Å². The van der Waals surface area contributed by atoms with Crippen molar-refractivity contribution in [2.75, 3.05) is 13.7 Å². The molecule has 0 saturated carbocycles. The summed E-state index contributed by atoms with van der Waals surface area (Å²) in [6.45, 7) is 3.80. The van der Waals surface area contributed by atoms with Crippen molar-refractivity contribution in [3.8, 4) is 5.75 Å². The van der Waals surface area contributed by atoms with Gasteiger partial charge < -0.3 is 9.47 Å². The number of benzene rings is 1. The summed E-state index contributed by atoms with van der Waals surface area (Å²) in [6.07, 6.45) is 0.619. The highest BCUT2D eigenvalue weighted by Crippen LogP contribution is 2.22. The van der Waals surface area contributed by atoms with Crippen molar-refractivity contribution >= 4 is 12.3 Å². The summed E-state index contributed by atoms with van der Waals surface area (Å²) in [4.78, 5) is 22.4. The van der Waals surface area contributed by atoms with Crippen molar-refractivity contribution in [2.24, 2.45) is 0 Å². The van der Waals surface area contributed by atoms with Gasteiger partial charge in [-0.1, -0.05) is 0 Å². The van der Waals surface area contributed by atoms with Crippen LogP contribution >= 0.6 is 0 Å². The van der Waals surface area contributed by atoms with Gasteiger partial charge in [0, 0.05) is 5.56 Å². The van der Waals surface area contributed by atoms with Gasteiger partial charge >= 0.3 is 5.97 Å². The van der Waals surface area contributed by atoms with Gasteiger partial charge in [0.05, 0.1) is 19.3 Å². The Kier molecular flexibility index (Phi) is 4.05. The van der Waals surface area contributed by atoms with Crippen molar-refractivity contribution in [3.05, 3.63) is 28.8 Å². The maximum absolute atomic E-state index is 11.6. The minimum Gasteiger partial charge on any atom is -0.496 e. The van der Waals surface area contributed by atoms with E-state index >= 15 is 0 Å². The molecule has 0 aromatic heterocycles. The highest BCUT2D eigenvalue weighted by atomic mass is 16.5. The van der Waals surface area contributed by atoms with Crippen LogP contribution in [0.3, 0.4) is 0 Å². The number of esters is 1. The molecule has 0 heterocycles. The second kappa shape index (κ2) is 5.30. The van der Waals surface area contributed by atoms with E-state index in [4.69, 9.17) is 9.47 Å². The second-order valence-electron chi connectivity index (χ2n) is 3.25. The molecular formula is C12H14O4. The van der Waals surface area contributed by atoms with Crippen molar-refractivity contribution in [2.45, 2.75) is 13.8 Å². The molecule has 1 rings (SSSR count). The third-order valence-corrected chi connectivity index (χ3v) is 2.19. The summed E-state index contributed by atoms with van der Waals surface area (Å²) in [5, 5.41) is 0. The number of carbonyl (C=O) groups is 2. The molecule has 0 aliphatic heterocycles. The maximum Gasteiger partial charge on any atom is 0.338 e. The van der Waals surface area contributed by atoms with Gasteiger partial charge in [-0.25, -0.2) is 4.79 Å². The molecule has 4 nitrogen and oxygen atoms in total. The van der Waals surface area contributed by atoms with Gasteiger partial charge in [-0.2, -0.15) is 0 Å². The molecule has 0 aliphatic rings. The van der Waals surface area contributed by atoms with Gasteiger partial charge in [-0.15, -0.1) is 0 Å². The molecule has 1 aromatic carbocycles. The van der Waals surface area contributed by atoms with E-state index in [1.54, 1.807) is 19.9 Å². The van der Waals surface area contributed by atoms with Crippen molar-refractivity contribution < 1.29 is 19.1 Å². The molecule has 0 unspecified atom stereocenters. The van der Waals surface area contributed by atoms with E-state index in [0.717, 1.165) is 5.56 Å². The summed E-state index contributed by atoms with van der Waals surface area (Å²) in [5.41, 5.74) is 1.34. The maximum atomic E-state index is 11.6. The lowest BCUT2D eigenvalue weighted by atomic mass is 10.0. The Balaban J connectivity index is 3.22. The predicted octanol–water partition coefficient (Wildman–Crippen LogP) is 1.99. The van der Waals surface area contributed by atoms with Crippen LogP contribution in [0.15, 0.2) is 12.1 Å². The van der Waals surface area contributed by atoms with Crippen molar-refractivity contribution in [3.63, 3.8) is 0 Å². The van der Waals surface area contributed by atoms with E-state index in [0.29, 0.717) is 12.0 Å². The van der Waals surface area contributed by atoms with Crippen LogP contribution < -0.4 is 4.74 Å². The van der Waals surface area contributed by atoms with Crippen LogP contribution in [0.2, 0.25) is 0 Å². The number of hydrogen-bond acceptors (Lipinski definition) is 4. The summed E-state index contributed by atoms with van der Waals surface area (Å²) in [7, 11) is 1.51. The topological polar surface area (TPSA) is 52.6 Å².